The number of nitrogens with zero attached hydrogens (tertiary/aromatic N) is 2. The molecule has 0 N–H and O–H groups in total. The molecule has 0 unspecified atom stereocenters. The molecule has 6 nitrogen and oxygen atoms in total. The van der Waals surface area contributed by atoms with Crippen molar-refractivity contribution in [1.29, 1.82) is 5.26 Å². The number of nitriles is 1. The Morgan fingerprint density at radius 3 is 2.25 bits per heavy atom. The minimum absolute atomic E-state index is 0.0407. The lowest BCUT2D eigenvalue weighted by Gasteiger charge is -2.04. The maximum absolute atomic E-state index is 12.3. The molecule has 0 atom stereocenters. The van der Waals surface area contributed by atoms with Gasteiger partial charge in [0.15, 0.2) is 0 Å². The SMILES string of the molecule is N#Cc1ccc(S(=O)(=O)c2ccccc2)cc1[N+](=O)[O-]. The van der Waals surface area contributed by atoms with E-state index in [9.17, 15) is 18.5 Å². The van der Waals surface area contributed by atoms with E-state index in [1.54, 1.807) is 24.3 Å². The summed E-state index contributed by atoms with van der Waals surface area (Å²) in [5.74, 6) is 0. The Balaban J connectivity index is 2.63. The smallest absolute Gasteiger partial charge is 0.258 e. The predicted molar refractivity (Wildman–Crippen MR) is 69.7 cm³/mol. The third-order valence-corrected chi connectivity index (χ3v) is 4.42. The third kappa shape index (κ3) is 2.37. The fourth-order valence-corrected chi connectivity index (χ4v) is 2.96. The van der Waals surface area contributed by atoms with Crippen LogP contribution in [-0.2, 0) is 9.84 Å². The number of nitro groups is 1. The topological polar surface area (TPSA) is 101 Å². The molecule has 2 aromatic rings. The van der Waals surface area contributed by atoms with Crippen molar-refractivity contribution in [3.8, 4) is 6.07 Å². The minimum Gasteiger partial charge on any atom is -0.258 e. The van der Waals surface area contributed by atoms with E-state index in [0.29, 0.717) is 0 Å². The highest BCUT2D eigenvalue weighted by atomic mass is 32.2. The van der Waals surface area contributed by atoms with Crippen LogP contribution in [0.5, 0.6) is 0 Å². The highest BCUT2D eigenvalue weighted by molar-refractivity contribution is 7.91. The fraction of sp³-hybridized carbons (Fsp3) is 0. The van der Waals surface area contributed by atoms with Crippen LogP contribution in [0.2, 0.25) is 0 Å². The van der Waals surface area contributed by atoms with Crippen LogP contribution in [0.15, 0.2) is 58.3 Å². The summed E-state index contributed by atoms with van der Waals surface area (Å²) in [6.07, 6.45) is 0. The maximum Gasteiger partial charge on any atom is 0.288 e. The Hall–Kier alpha value is -2.72. The second-order valence-corrected chi connectivity index (χ2v) is 5.81. The standard InChI is InChI=1S/C13H8N2O4S/c14-9-10-6-7-12(8-13(10)15(16)17)20(18,19)11-4-2-1-3-5-11/h1-8H. The van der Waals surface area contributed by atoms with Crippen LogP contribution in [-0.4, -0.2) is 13.3 Å². The Kier molecular flexibility index (Phi) is 3.50. The molecule has 0 aliphatic carbocycles. The largest absolute Gasteiger partial charge is 0.288 e. The van der Waals surface area contributed by atoms with Gasteiger partial charge in [-0.2, -0.15) is 5.26 Å². The molecule has 0 amide bonds. The monoisotopic (exact) mass is 288 g/mol. The molecule has 2 aromatic carbocycles. The van der Waals surface area contributed by atoms with Gasteiger partial charge in [-0.3, -0.25) is 10.1 Å². The highest BCUT2D eigenvalue weighted by Crippen LogP contribution is 2.26. The van der Waals surface area contributed by atoms with Gasteiger partial charge >= 0.3 is 0 Å². The molecular weight excluding hydrogens is 280 g/mol. The van der Waals surface area contributed by atoms with E-state index in [1.807, 2.05) is 0 Å². The van der Waals surface area contributed by atoms with Gasteiger partial charge in [0.05, 0.1) is 14.7 Å². The molecule has 100 valence electrons. The van der Waals surface area contributed by atoms with E-state index >= 15 is 0 Å². The fourth-order valence-electron chi connectivity index (χ4n) is 1.66. The lowest BCUT2D eigenvalue weighted by Crippen LogP contribution is -2.03. The molecule has 7 heteroatoms. The summed E-state index contributed by atoms with van der Waals surface area (Å²) in [4.78, 5) is 9.91. The number of hydrogen-bond donors (Lipinski definition) is 0. The zero-order chi connectivity index (χ0) is 14.8. The summed E-state index contributed by atoms with van der Waals surface area (Å²) in [5.41, 5.74) is -0.702. The van der Waals surface area contributed by atoms with Crippen molar-refractivity contribution < 1.29 is 13.3 Å². The summed E-state index contributed by atoms with van der Waals surface area (Å²) < 4.78 is 24.6. The van der Waals surface area contributed by atoms with Crippen molar-refractivity contribution in [1.82, 2.24) is 0 Å². The van der Waals surface area contributed by atoms with Crippen molar-refractivity contribution in [2.75, 3.05) is 0 Å². The van der Waals surface area contributed by atoms with Crippen LogP contribution < -0.4 is 0 Å². The van der Waals surface area contributed by atoms with Crippen LogP contribution in [0.1, 0.15) is 5.56 Å². The molecule has 0 heterocycles. The Morgan fingerprint density at radius 1 is 1.05 bits per heavy atom. The van der Waals surface area contributed by atoms with E-state index in [0.717, 1.165) is 12.1 Å². The van der Waals surface area contributed by atoms with Crippen LogP contribution >= 0.6 is 0 Å². The van der Waals surface area contributed by atoms with E-state index < -0.39 is 20.4 Å². The Labute approximate surface area is 115 Å². The first kappa shape index (κ1) is 13.7. The van der Waals surface area contributed by atoms with Gasteiger partial charge in [0.2, 0.25) is 9.84 Å². The average molecular weight is 288 g/mol. The normalized spacial score (nSPS) is 10.8. The number of hydrogen-bond acceptors (Lipinski definition) is 5. The zero-order valence-corrected chi connectivity index (χ0v) is 10.9. The molecule has 2 rings (SSSR count). The van der Waals surface area contributed by atoms with Crippen molar-refractivity contribution in [2.45, 2.75) is 9.79 Å². The second kappa shape index (κ2) is 5.11. The van der Waals surface area contributed by atoms with E-state index in [1.165, 1.54) is 18.2 Å². The predicted octanol–water partition coefficient (Wildman–Crippen LogP) is 2.30. The summed E-state index contributed by atoms with van der Waals surface area (Å²) in [7, 11) is -3.83. The molecule has 0 aromatic heterocycles. The highest BCUT2D eigenvalue weighted by Gasteiger charge is 2.22. The molecule has 0 aliphatic heterocycles. The van der Waals surface area contributed by atoms with Crippen molar-refractivity contribution >= 4 is 15.5 Å². The van der Waals surface area contributed by atoms with Crippen molar-refractivity contribution in [2.24, 2.45) is 0 Å². The molecule has 0 fully saturated rings. The summed E-state index contributed by atoms with van der Waals surface area (Å²) in [5, 5.41) is 19.6. The first-order valence-electron chi connectivity index (χ1n) is 5.45. The average Bonchev–Trinajstić information content (AvgIpc) is 2.47. The van der Waals surface area contributed by atoms with Crippen molar-refractivity contribution in [3.63, 3.8) is 0 Å². The first-order valence-corrected chi connectivity index (χ1v) is 6.94. The van der Waals surface area contributed by atoms with Crippen molar-refractivity contribution in [3.05, 3.63) is 64.2 Å². The van der Waals surface area contributed by atoms with E-state index in [2.05, 4.69) is 0 Å². The summed E-state index contributed by atoms with van der Waals surface area (Å²) >= 11 is 0. The molecule has 0 bridgehead atoms. The van der Waals surface area contributed by atoms with E-state index in [4.69, 9.17) is 5.26 Å². The summed E-state index contributed by atoms with van der Waals surface area (Å²) in [6, 6.07) is 12.5. The Morgan fingerprint density at radius 2 is 1.70 bits per heavy atom. The van der Waals surface area contributed by atoms with Gasteiger partial charge < -0.3 is 0 Å². The number of sulfone groups is 1. The van der Waals surface area contributed by atoms with Gasteiger partial charge in [0, 0.05) is 6.07 Å². The van der Waals surface area contributed by atoms with E-state index in [-0.39, 0.29) is 15.4 Å². The van der Waals surface area contributed by atoms with Crippen LogP contribution in [0, 0.1) is 21.4 Å². The minimum atomic E-state index is -3.83. The van der Waals surface area contributed by atoms with Gasteiger partial charge in [-0.25, -0.2) is 8.42 Å². The molecule has 20 heavy (non-hydrogen) atoms. The number of rotatable bonds is 3. The third-order valence-electron chi connectivity index (χ3n) is 2.65. The van der Waals surface area contributed by atoms with Gasteiger partial charge in [0.1, 0.15) is 11.6 Å². The maximum atomic E-state index is 12.3. The zero-order valence-electron chi connectivity index (χ0n) is 10.1. The van der Waals surface area contributed by atoms with Crippen LogP contribution in [0.3, 0.4) is 0 Å². The first-order chi connectivity index (χ1) is 9.46. The van der Waals surface area contributed by atoms with Crippen LogP contribution in [0.4, 0.5) is 5.69 Å². The molecule has 0 aliphatic rings. The van der Waals surface area contributed by atoms with Crippen LogP contribution in [0.25, 0.3) is 0 Å². The summed E-state index contributed by atoms with van der Waals surface area (Å²) in [6.45, 7) is 0. The Bertz CT molecular complexity index is 808. The van der Waals surface area contributed by atoms with Gasteiger partial charge in [0.25, 0.3) is 5.69 Å². The quantitative estimate of drug-likeness (QED) is 0.637. The molecular formula is C13H8N2O4S. The van der Waals surface area contributed by atoms with Gasteiger partial charge in [-0.15, -0.1) is 0 Å². The van der Waals surface area contributed by atoms with Gasteiger partial charge in [-0.05, 0) is 24.3 Å². The molecule has 0 saturated carbocycles. The second-order valence-electron chi connectivity index (χ2n) is 3.86. The number of benzene rings is 2. The molecule has 0 radical (unpaired) electrons. The lowest BCUT2D eigenvalue weighted by atomic mass is 10.2. The lowest BCUT2D eigenvalue weighted by molar-refractivity contribution is -0.385. The molecule has 0 saturated heterocycles. The van der Waals surface area contributed by atoms with Gasteiger partial charge in [-0.1, -0.05) is 18.2 Å². The molecule has 0 spiro atoms. The number of nitro benzene ring substituents is 1.